The minimum absolute atomic E-state index is 0.0668. The molecule has 35 heavy (non-hydrogen) atoms. The van der Waals surface area contributed by atoms with Crippen LogP contribution in [-0.2, 0) is 14.3 Å². The second kappa shape index (κ2) is 12.0. The van der Waals surface area contributed by atoms with Crippen LogP contribution in [0, 0.1) is 0 Å². The molecule has 1 saturated carbocycles. The van der Waals surface area contributed by atoms with Gasteiger partial charge >= 0.3 is 6.09 Å². The number of hydrogen-bond acceptors (Lipinski definition) is 5. The van der Waals surface area contributed by atoms with Crippen molar-refractivity contribution in [3.05, 3.63) is 42.0 Å². The fourth-order valence-electron chi connectivity index (χ4n) is 3.73. The van der Waals surface area contributed by atoms with Crippen molar-refractivity contribution in [2.45, 2.75) is 90.1 Å². The zero-order valence-electron chi connectivity index (χ0n) is 22.1. The van der Waals surface area contributed by atoms with Gasteiger partial charge in [-0.25, -0.2) is 4.79 Å². The van der Waals surface area contributed by atoms with Gasteiger partial charge in [0.05, 0.1) is 0 Å². The van der Waals surface area contributed by atoms with Crippen LogP contribution >= 0.6 is 11.8 Å². The lowest BCUT2D eigenvalue weighted by Crippen LogP contribution is -2.55. The van der Waals surface area contributed by atoms with E-state index >= 15 is 0 Å². The Morgan fingerprint density at radius 3 is 2.37 bits per heavy atom. The van der Waals surface area contributed by atoms with E-state index in [-0.39, 0.29) is 17.9 Å². The van der Waals surface area contributed by atoms with Gasteiger partial charge in [0.2, 0.25) is 11.8 Å². The molecule has 1 aromatic rings. The average molecular weight is 504 g/mol. The molecule has 8 heteroatoms. The van der Waals surface area contributed by atoms with Crippen molar-refractivity contribution in [1.82, 2.24) is 15.5 Å². The largest absolute Gasteiger partial charge is 0.444 e. The number of ether oxygens (including phenoxy) is 1. The molecular formula is C27H41N3O4S. The molecule has 2 atom stereocenters. The van der Waals surface area contributed by atoms with E-state index in [0.717, 1.165) is 18.4 Å². The van der Waals surface area contributed by atoms with E-state index < -0.39 is 29.3 Å². The van der Waals surface area contributed by atoms with Crippen molar-refractivity contribution >= 4 is 35.7 Å². The highest BCUT2D eigenvalue weighted by atomic mass is 32.2. The maximum absolute atomic E-state index is 14.0. The first-order valence-corrected chi connectivity index (χ1v) is 13.5. The van der Waals surface area contributed by atoms with Gasteiger partial charge in [-0.1, -0.05) is 30.9 Å². The predicted octanol–water partition coefficient (Wildman–Crippen LogP) is 4.92. The Balaban J connectivity index is 2.47. The summed E-state index contributed by atoms with van der Waals surface area (Å²) in [6.45, 7) is 14.9. The van der Waals surface area contributed by atoms with E-state index in [9.17, 15) is 14.4 Å². The van der Waals surface area contributed by atoms with E-state index in [4.69, 9.17) is 4.74 Å². The Morgan fingerprint density at radius 2 is 1.86 bits per heavy atom. The molecule has 3 amide bonds. The van der Waals surface area contributed by atoms with E-state index in [0.29, 0.717) is 17.7 Å². The normalized spacial score (nSPS) is 15.5. The first kappa shape index (κ1) is 28.8. The molecule has 1 aliphatic rings. The number of nitrogens with zero attached hydrogens (tertiary/aromatic N) is 1. The fourth-order valence-corrected chi connectivity index (χ4v) is 4.20. The number of amides is 3. The zero-order valence-corrected chi connectivity index (χ0v) is 23.0. The minimum Gasteiger partial charge on any atom is -0.444 e. The van der Waals surface area contributed by atoms with E-state index in [1.165, 1.54) is 0 Å². The topological polar surface area (TPSA) is 87.7 Å². The lowest BCUT2D eigenvalue weighted by Gasteiger charge is -2.36. The Hall–Kier alpha value is -2.48. The van der Waals surface area contributed by atoms with Gasteiger partial charge in [0.1, 0.15) is 17.7 Å². The molecule has 1 aromatic carbocycles. The summed E-state index contributed by atoms with van der Waals surface area (Å²) in [6.07, 6.45) is 5.09. The van der Waals surface area contributed by atoms with Crippen molar-refractivity contribution in [1.29, 1.82) is 0 Å². The van der Waals surface area contributed by atoms with E-state index in [1.807, 2.05) is 51.3 Å². The first-order valence-electron chi connectivity index (χ1n) is 12.1. The number of nitrogens with one attached hydrogen (secondary N) is 2. The Kier molecular flexibility index (Phi) is 9.84. The van der Waals surface area contributed by atoms with Crippen LogP contribution in [-0.4, -0.2) is 58.0 Å². The monoisotopic (exact) mass is 503 g/mol. The molecule has 0 saturated heterocycles. The van der Waals surface area contributed by atoms with Crippen LogP contribution in [0.1, 0.15) is 78.0 Å². The summed E-state index contributed by atoms with van der Waals surface area (Å²) in [5.74, 6) is 0.153. The standard InChI is InChI=1S/C27H41N3O4S/c1-9-18-11-10-12-19(17-18)22(23(31)29-26(2,3)4)30(20-13-14-20)24(32)21(15-16-35-8)28-25(33)34-27(5,6)7/h9-12,17,20-22H,1,13-16H2,2-8H3,(H,28,33)(H,29,31). The molecule has 2 rings (SSSR count). The van der Waals surface area contributed by atoms with E-state index in [2.05, 4.69) is 17.2 Å². The summed E-state index contributed by atoms with van der Waals surface area (Å²) in [7, 11) is 0. The molecule has 0 spiro atoms. The van der Waals surface area contributed by atoms with Gasteiger partial charge in [0, 0.05) is 11.6 Å². The highest BCUT2D eigenvalue weighted by Crippen LogP contribution is 2.36. The van der Waals surface area contributed by atoms with Crippen molar-refractivity contribution < 1.29 is 19.1 Å². The lowest BCUT2D eigenvalue weighted by atomic mass is 9.98. The third-order valence-corrected chi connectivity index (χ3v) is 5.93. The maximum atomic E-state index is 14.0. The van der Waals surface area contributed by atoms with Crippen molar-refractivity contribution in [3.63, 3.8) is 0 Å². The highest BCUT2D eigenvalue weighted by Gasteiger charge is 2.44. The number of thioether (sulfide) groups is 1. The van der Waals surface area contributed by atoms with Crippen LogP contribution in [0.4, 0.5) is 4.79 Å². The molecule has 0 aliphatic heterocycles. The fraction of sp³-hybridized carbons (Fsp3) is 0.593. The predicted molar refractivity (Wildman–Crippen MR) is 143 cm³/mol. The molecule has 194 valence electrons. The number of alkyl carbamates (subject to hydrolysis) is 1. The third-order valence-electron chi connectivity index (χ3n) is 5.28. The average Bonchev–Trinajstić information content (AvgIpc) is 3.56. The van der Waals surface area contributed by atoms with Crippen LogP contribution in [0.25, 0.3) is 6.08 Å². The molecule has 0 radical (unpaired) electrons. The zero-order chi connectivity index (χ0) is 26.4. The Morgan fingerprint density at radius 1 is 1.20 bits per heavy atom. The number of carbonyl (C=O) groups is 3. The molecule has 7 nitrogen and oxygen atoms in total. The molecule has 1 aliphatic carbocycles. The summed E-state index contributed by atoms with van der Waals surface area (Å²) < 4.78 is 5.42. The Labute approximate surface area is 214 Å². The summed E-state index contributed by atoms with van der Waals surface area (Å²) >= 11 is 1.59. The number of benzene rings is 1. The van der Waals surface area contributed by atoms with Crippen LogP contribution in [0.3, 0.4) is 0 Å². The van der Waals surface area contributed by atoms with Gasteiger partial charge in [-0.2, -0.15) is 11.8 Å². The number of rotatable bonds is 10. The van der Waals surface area contributed by atoms with Crippen molar-refractivity contribution in [3.8, 4) is 0 Å². The van der Waals surface area contributed by atoms with E-state index in [1.54, 1.807) is 43.5 Å². The summed E-state index contributed by atoms with van der Waals surface area (Å²) in [6, 6.07) is 5.83. The molecule has 0 heterocycles. The van der Waals surface area contributed by atoms with Gasteiger partial charge in [-0.05, 0) is 90.0 Å². The van der Waals surface area contributed by atoms with Gasteiger partial charge in [0.15, 0.2) is 0 Å². The quantitative estimate of drug-likeness (QED) is 0.473. The van der Waals surface area contributed by atoms with Crippen molar-refractivity contribution in [2.24, 2.45) is 0 Å². The van der Waals surface area contributed by atoms with Gasteiger partial charge in [0.25, 0.3) is 0 Å². The highest BCUT2D eigenvalue weighted by molar-refractivity contribution is 7.98. The van der Waals surface area contributed by atoms with Crippen LogP contribution in [0.2, 0.25) is 0 Å². The van der Waals surface area contributed by atoms with Crippen molar-refractivity contribution in [2.75, 3.05) is 12.0 Å². The Bertz CT molecular complexity index is 916. The van der Waals surface area contributed by atoms with Crippen LogP contribution in [0.15, 0.2) is 30.8 Å². The summed E-state index contributed by atoms with van der Waals surface area (Å²) in [5, 5.41) is 5.83. The number of hydrogen-bond donors (Lipinski definition) is 2. The summed E-state index contributed by atoms with van der Waals surface area (Å²) in [5.41, 5.74) is 0.417. The third kappa shape index (κ3) is 9.24. The molecule has 2 N–H and O–H groups in total. The van der Waals surface area contributed by atoms with Crippen LogP contribution < -0.4 is 10.6 Å². The molecule has 1 fully saturated rings. The maximum Gasteiger partial charge on any atom is 0.408 e. The lowest BCUT2D eigenvalue weighted by molar-refractivity contribution is -0.143. The second-order valence-electron chi connectivity index (χ2n) is 11.0. The van der Waals surface area contributed by atoms with Gasteiger partial charge in [-0.3, -0.25) is 9.59 Å². The number of carbonyl (C=O) groups excluding carboxylic acids is 3. The second-order valence-corrected chi connectivity index (χ2v) is 12.0. The minimum atomic E-state index is -0.827. The smallest absolute Gasteiger partial charge is 0.408 e. The van der Waals surface area contributed by atoms with Crippen LogP contribution in [0.5, 0.6) is 0 Å². The summed E-state index contributed by atoms with van der Waals surface area (Å²) in [4.78, 5) is 41.9. The molecule has 0 bridgehead atoms. The van der Waals surface area contributed by atoms with Gasteiger partial charge < -0.3 is 20.3 Å². The molecular weight excluding hydrogens is 462 g/mol. The first-order chi connectivity index (χ1) is 16.3. The SMILES string of the molecule is C=Cc1cccc(C(C(=O)NC(C)(C)C)N(C(=O)C(CCSC)NC(=O)OC(C)(C)C)C2CC2)c1. The van der Waals surface area contributed by atoms with Gasteiger partial charge in [-0.15, -0.1) is 0 Å². The molecule has 0 aromatic heterocycles. The molecule has 2 unspecified atom stereocenters.